The van der Waals surface area contributed by atoms with Crippen molar-refractivity contribution in [3.8, 4) is 39.8 Å². The molecule has 0 radical (unpaired) electrons. The molecule has 4 heteroatoms. The average molecular weight is 433 g/mol. The number of hydrogen-bond donors (Lipinski definition) is 0. The summed E-state index contributed by atoms with van der Waals surface area (Å²) in [6, 6.07) is 34.5. The Morgan fingerprint density at radius 1 is 0.697 bits per heavy atom. The highest BCUT2D eigenvalue weighted by Gasteiger charge is 2.12. The molecule has 5 rings (SSSR count). The van der Waals surface area contributed by atoms with E-state index in [9.17, 15) is 0 Å². The molecule has 33 heavy (non-hydrogen) atoms. The third-order valence-corrected chi connectivity index (χ3v) is 5.52. The van der Waals surface area contributed by atoms with Gasteiger partial charge in [-0.3, -0.25) is 0 Å². The highest BCUT2D eigenvalue weighted by atomic mass is 16.5. The summed E-state index contributed by atoms with van der Waals surface area (Å²) in [7, 11) is 1.68. The Hall–Kier alpha value is -4.31. The van der Waals surface area contributed by atoms with E-state index < -0.39 is 0 Å². The molecule has 0 spiro atoms. The zero-order valence-electron chi connectivity index (χ0n) is 18.4. The van der Waals surface area contributed by atoms with Crippen LogP contribution >= 0.6 is 0 Å². The highest BCUT2D eigenvalue weighted by molar-refractivity contribution is 5.69. The summed E-state index contributed by atoms with van der Waals surface area (Å²) in [5, 5.41) is 0. The van der Waals surface area contributed by atoms with E-state index in [1.54, 1.807) is 7.11 Å². The number of para-hydroxylation sites is 1. The molecule has 0 amide bonds. The summed E-state index contributed by atoms with van der Waals surface area (Å²) in [5.74, 6) is 3.32. The topological polar surface area (TPSA) is 36.3 Å². The number of hydrogen-bond acceptors (Lipinski definition) is 3. The second-order valence-electron chi connectivity index (χ2n) is 7.71. The van der Waals surface area contributed by atoms with Gasteiger partial charge in [0.2, 0.25) is 0 Å². The first-order chi connectivity index (χ1) is 16.3. The van der Waals surface area contributed by atoms with Crippen LogP contribution in [0.5, 0.6) is 17.2 Å². The number of ether oxygens (including phenoxy) is 2. The standard InChI is InChI=1S/C29H24N2O2/c1-32-26-14-8-11-23(19-26)29-30-17-18-31(29)21-24-20-27(33-25-12-6-3-7-13-25)15-16-28(24)22-9-4-2-5-10-22/h2-20H,21H2,1H3. The highest BCUT2D eigenvalue weighted by Crippen LogP contribution is 2.31. The maximum absolute atomic E-state index is 6.13. The molecule has 0 saturated carbocycles. The van der Waals surface area contributed by atoms with Crippen molar-refractivity contribution in [2.75, 3.05) is 7.11 Å². The van der Waals surface area contributed by atoms with Gasteiger partial charge in [-0.1, -0.05) is 66.7 Å². The minimum atomic E-state index is 0.656. The van der Waals surface area contributed by atoms with Crippen LogP contribution in [-0.4, -0.2) is 16.7 Å². The van der Waals surface area contributed by atoms with Crippen LogP contribution in [0.4, 0.5) is 0 Å². The van der Waals surface area contributed by atoms with Crippen molar-refractivity contribution in [1.29, 1.82) is 0 Å². The molecule has 162 valence electrons. The molecule has 0 aliphatic rings. The maximum atomic E-state index is 6.13. The first kappa shape index (κ1) is 20.6. The lowest BCUT2D eigenvalue weighted by atomic mass is 9.99. The smallest absolute Gasteiger partial charge is 0.140 e. The summed E-state index contributed by atoms with van der Waals surface area (Å²) < 4.78 is 13.7. The van der Waals surface area contributed by atoms with Crippen molar-refractivity contribution in [3.05, 3.63) is 121 Å². The molecular weight excluding hydrogens is 408 g/mol. The monoisotopic (exact) mass is 432 g/mol. The van der Waals surface area contributed by atoms with Crippen LogP contribution in [0.1, 0.15) is 5.56 Å². The van der Waals surface area contributed by atoms with Crippen molar-refractivity contribution in [3.63, 3.8) is 0 Å². The maximum Gasteiger partial charge on any atom is 0.140 e. The number of benzene rings is 4. The van der Waals surface area contributed by atoms with E-state index in [1.165, 1.54) is 11.1 Å². The molecule has 0 fully saturated rings. The van der Waals surface area contributed by atoms with Gasteiger partial charge in [0.05, 0.1) is 7.11 Å². The number of rotatable bonds is 7. The van der Waals surface area contributed by atoms with Gasteiger partial charge in [-0.25, -0.2) is 4.98 Å². The molecule has 0 N–H and O–H groups in total. The van der Waals surface area contributed by atoms with Crippen molar-refractivity contribution < 1.29 is 9.47 Å². The predicted molar refractivity (Wildman–Crippen MR) is 132 cm³/mol. The molecule has 0 aliphatic carbocycles. The van der Waals surface area contributed by atoms with E-state index in [2.05, 4.69) is 45.9 Å². The van der Waals surface area contributed by atoms with Gasteiger partial charge in [0.25, 0.3) is 0 Å². The van der Waals surface area contributed by atoms with E-state index in [1.807, 2.05) is 79.1 Å². The van der Waals surface area contributed by atoms with Gasteiger partial charge in [-0.05, 0) is 53.1 Å². The van der Waals surface area contributed by atoms with E-state index in [0.717, 1.165) is 34.2 Å². The van der Waals surface area contributed by atoms with Crippen LogP contribution in [0.25, 0.3) is 22.5 Å². The largest absolute Gasteiger partial charge is 0.497 e. The number of imidazole rings is 1. The van der Waals surface area contributed by atoms with Crippen LogP contribution in [0.3, 0.4) is 0 Å². The first-order valence-electron chi connectivity index (χ1n) is 10.9. The molecule has 0 atom stereocenters. The van der Waals surface area contributed by atoms with E-state index >= 15 is 0 Å². The van der Waals surface area contributed by atoms with Crippen LogP contribution in [0.15, 0.2) is 116 Å². The molecule has 4 aromatic carbocycles. The van der Waals surface area contributed by atoms with Crippen LogP contribution in [0, 0.1) is 0 Å². The summed E-state index contributed by atoms with van der Waals surface area (Å²) in [4.78, 5) is 4.63. The predicted octanol–water partition coefficient (Wildman–Crippen LogP) is 7.07. The average Bonchev–Trinajstić information content (AvgIpc) is 3.33. The summed E-state index contributed by atoms with van der Waals surface area (Å²) >= 11 is 0. The molecule has 1 heterocycles. The van der Waals surface area contributed by atoms with Gasteiger partial charge in [0, 0.05) is 24.5 Å². The lowest BCUT2D eigenvalue weighted by Gasteiger charge is -2.15. The fraction of sp³-hybridized carbons (Fsp3) is 0.0690. The summed E-state index contributed by atoms with van der Waals surface area (Å²) in [6.07, 6.45) is 3.84. The first-order valence-corrected chi connectivity index (χ1v) is 10.9. The third kappa shape index (κ3) is 4.65. The quantitative estimate of drug-likeness (QED) is 0.276. The van der Waals surface area contributed by atoms with Crippen molar-refractivity contribution >= 4 is 0 Å². The van der Waals surface area contributed by atoms with Crippen molar-refractivity contribution in [1.82, 2.24) is 9.55 Å². The lowest BCUT2D eigenvalue weighted by molar-refractivity contribution is 0.415. The summed E-state index contributed by atoms with van der Waals surface area (Å²) in [5.41, 5.74) is 4.50. The van der Waals surface area contributed by atoms with Crippen molar-refractivity contribution in [2.45, 2.75) is 6.54 Å². The van der Waals surface area contributed by atoms with Gasteiger partial charge in [-0.2, -0.15) is 0 Å². The Balaban J connectivity index is 1.54. The Morgan fingerprint density at radius 3 is 2.21 bits per heavy atom. The number of aromatic nitrogens is 2. The zero-order chi connectivity index (χ0) is 22.5. The SMILES string of the molecule is COc1cccc(-c2nccn2Cc2cc(Oc3ccccc3)ccc2-c2ccccc2)c1. The van der Waals surface area contributed by atoms with Crippen LogP contribution < -0.4 is 9.47 Å². The number of methoxy groups -OCH3 is 1. The molecular formula is C29H24N2O2. The van der Waals surface area contributed by atoms with Gasteiger partial charge in [0.15, 0.2) is 0 Å². The molecule has 4 nitrogen and oxygen atoms in total. The van der Waals surface area contributed by atoms with Gasteiger partial charge < -0.3 is 14.0 Å². The molecule has 0 bridgehead atoms. The summed E-state index contributed by atoms with van der Waals surface area (Å²) in [6.45, 7) is 0.656. The molecule has 1 aromatic heterocycles. The molecule has 5 aromatic rings. The van der Waals surface area contributed by atoms with Crippen molar-refractivity contribution in [2.24, 2.45) is 0 Å². The Labute approximate surface area is 193 Å². The normalized spacial score (nSPS) is 10.7. The molecule has 0 saturated heterocycles. The van der Waals surface area contributed by atoms with Gasteiger partial charge in [-0.15, -0.1) is 0 Å². The molecule has 0 aliphatic heterocycles. The van der Waals surface area contributed by atoms with E-state index in [-0.39, 0.29) is 0 Å². The lowest BCUT2D eigenvalue weighted by Crippen LogP contribution is -2.03. The fourth-order valence-corrected chi connectivity index (χ4v) is 3.93. The minimum Gasteiger partial charge on any atom is -0.497 e. The van der Waals surface area contributed by atoms with Crippen LogP contribution in [-0.2, 0) is 6.54 Å². The van der Waals surface area contributed by atoms with E-state index in [4.69, 9.17) is 9.47 Å². The Morgan fingerprint density at radius 2 is 1.42 bits per heavy atom. The second kappa shape index (κ2) is 9.45. The number of nitrogens with zero attached hydrogens (tertiary/aromatic N) is 2. The van der Waals surface area contributed by atoms with Crippen LogP contribution in [0.2, 0.25) is 0 Å². The van der Waals surface area contributed by atoms with E-state index in [0.29, 0.717) is 6.54 Å². The Bertz CT molecular complexity index is 1340. The minimum absolute atomic E-state index is 0.656. The second-order valence-corrected chi connectivity index (χ2v) is 7.71. The zero-order valence-corrected chi connectivity index (χ0v) is 18.4. The van der Waals surface area contributed by atoms with Gasteiger partial charge in [0.1, 0.15) is 23.1 Å². The fourth-order valence-electron chi connectivity index (χ4n) is 3.93. The molecule has 0 unspecified atom stereocenters. The Kier molecular flexibility index (Phi) is 5.89. The third-order valence-electron chi connectivity index (χ3n) is 5.52. The van der Waals surface area contributed by atoms with Gasteiger partial charge >= 0.3 is 0 Å².